The van der Waals surface area contributed by atoms with Gasteiger partial charge < -0.3 is 14.7 Å². The van der Waals surface area contributed by atoms with Crippen molar-refractivity contribution >= 4 is 15.9 Å². The third-order valence-electron chi connectivity index (χ3n) is 5.88. The largest absolute Gasteiger partial charge is 0.487 e. The van der Waals surface area contributed by atoms with Gasteiger partial charge in [0.25, 0.3) is 0 Å². The van der Waals surface area contributed by atoms with Gasteiger partial charge in [-0.25, -0.2) is 8.42 Å². The summed E-state index contributed by atoms with van der Waals surface area (Å²) in [5.41, 5.74) is 1.38. The summed E-state index contributed by atoms with van der Waals surface area (Å²) in [6, 6.07) is 7.71. The summed E-state index contributed by atoms with van der Waals surface area (Å²) in [6.45, 7) is 5.51. The number of rotatable bonds is 5. The lowest BCUT2D eigenvalue weighted by molar-refractivity contribution is -0.131. The van der Waals surface area contributed by atoms with Gasteiger partial charge in [-0.1, -0.05) is 25.7 Å². The number of hydrogen-bond acceptors (Lipinski definition) is 6. The Kier molecular flexibility index (Phi) is 8.31. The van der Waals surface area contributed by atoms with Gasteiger partial charge in [0.2, 0.25) is 15.9 Å². The second-order valence-electron chi connectivity index (χ2n) is 8.52. The molecule has 1 aliphatic rings. The Labute approximate surface area is 201 Å². The second-order valence-corrected chi connectivity index (χ2v) is 10.4. The Morgan fingerprint density at radius 1 is 1.26 bits per heavy atom. The maximum atomic E-state index is 13.5. The van der Waals surface area contributed by atoms with E-state index in [2.05, 4.69) is 16.8 Å². The average molecular weight is 486 g/mol. The lowest BCUT2D eigenvalue weighted by atomic mass is 10.0. The maximum absolute atomic E-state index is 13.5. The number of carbonyl (C=O) groups is 1. The van der Waals surface area contributed by atoms with Crippen LogP contribution in [0.15, 0.2) is 47.6 Å². The van der Waals surface area contributed by atoms with Gasteiger partial charge in [-0.3, -0.25) is 9.78 Å². The van der Waals surface area contributed by atoms with Crippen molar-refractivity contribution < 1.29 is 23.1 Å². The number of nitrogens with zero attached hydrogens (tertiary/aromatic N) is 3. The molecule has 2 aromatic rings. The lowest BCUT2D eigenvalue weighted by Crippen LogP contribution is -2.50. The molecule has 34 heavy (non-hydrogen) atoms. The Balaban J connectivity index is 2.06. The number of aliphatic hydroxyl groups excluding tert-OH is 1. The molecule has 0 spiro atoms. The van der Waals surface area contributed by atoms with Crippen LogP contribution in [0.4, 0.5) is 0 Å². The topological polar surface area (TPSA) is 100 Å². The zero-order valence-electron chi connectivity index (χ0n) is 19.9. The molecule has 0 radical (unpaired) electrons. The first-order valence-corrected chi connectivity index (χ1v) is 12.7. The van der Waals surface area contributed by atoms with Gasteiger partial charge in [-0.05, 0) is 37.3 Å². The first-order chi connectivity index (χ1) is 16.2. The fourth-order valence-corrected chi connectivity index (χ4v) is 5.57. The van der Waals surface area contributed by atoms with Crippen molar-refractivity contribution in [1.29, 1.82) is 0 Å². The minimum Gasteiger partial charge on any atom is -0.487 e. The molecule has 2 heterocycles. The van der Waals surface area contributed by atoms with E-state index in [0.29, 0.717) is 18.5 Å². The molecule has 1 N–H and O–H groups in total. The first-order valence-electron chi connectivity index (χ1n) is 11.3. The van der Waals surface area contributed by atoms with Crippen LogP contribution in [0, 0.1) is 17.8 Å². The smallest absolute Gasteiger partial charge is 0.247 e. The average Bonchev–Trinajstić information content (AvgIpc) is 2.84. The normalized spacial score (nSPS) is 20.5. The number of aromatic nitrogens is 1. The molecule has 1 aromatic heterocycles. The van der Waals surface area contributed by atoms with Crippen LogP contribution >= 0.6 is 0 Å². The van der Waals surface area contributed by atoms with E-state index in [9.17, 15) is 18.3 Å². The molecule has 1 amide bonds. The predicted octanol–water partition coefficient (Wildman–Crippen LogP) is 2.12. The molecule has 3 rings (SSSR count). The number of hydrogen-bond donors (Lipinski definition) is 1. The van der Waals surface area contributed by atoms with E-state index in [1.54, 1.807) is 62.5 Å². The van der Waals surface area contributed by atoms with E-state index in [0.717, 1.165) is 5.56 Å². The number of pyridine rings is 1. The molecule has 0 fully saturated rings. The summed E-state index contributed by atoms with van der Waals surface area (Å²) in [5.74, 6) is 6.00. The molecule has 0 saturated heterocycles. The highest BCUT2D eigenvalue weighted by molar-refractivity contribution is 7.89. The van der Waals surface area contributed by atoms with Crippen molar-refractivity contribution in [2.45, 2.75) is 44.2 Å². The Morgan fingerprint density at radius 2 is 1.94 bits per heavy atom. The van der Waals surface area contributed by atoms with Gasteiger partial charge >= 0.3 is 0 Å². The van der Waals surface area contributed by atoms with Crippen LogP contribution in [0.25, 0.3) is 0 Å². The van der Waals surface area contributed by atoms with Crippen molar-refractivity contribution in [2.24, 2.45) is 5.92 Å². The third kappa shape index (κ3) is 5.76. The number of amides is 1. The highest BCUT2D eigenvalue weighted by Crippen LogP contribution is 2.34. The van der Waals surface area contributed by atoms with Gasteiger partial charge in [0.05, 0.1) is 13.2 Å². The van der Waals surface area contributed by atoms with E-state index in [-0.39, 0.29) is 35.6 Å². The van der Waals surface area contributed by atoms with Crippen molar-refractivity contribution in [3.63, 3.8) is 0 Å². The molecule has 1 aliphatic heterocycles. The molecule has 3 atom stereocenters. The highest BCUT2D eigenvalue weighted by Gasteiger charge is 2.38. The first kappa shape index (κ1) is 25.7. The highest BCUT2D eigenvalue weighted by atomic mass is 32.2. The lowest BCUT2D eigenvalue weighted by Gasteiger charge is -2.37. The van der Waals surface area contributed by atoms with E-state index in [1.165, 1.54) is 10.4 Å². The summed E-state index contributed by atoms with van der Waals surface area (Å²) in [4.78, 5) is 17.8. The van der Waals surface area contributed by atoms with E-state index in [1.807, 2.05) is 6.92 Å². The van der Waals surface area contributed by atoms with Gasteiger partial charge in [0.15, 0.2) is 0 Å². The van der Waals surface area contributed by atoms with Crippen molar-refractivity contribution in [1.82, 2.24) is 14.2 Å². The monoisotopic (exact) mass is 485 g/mol. The number of carbonyl (C=O) groups excluding carboxylic acids is 1. The number of sulfonamides is 1. The maximum Gasteiger partial charge on any atom is 0.247 e. The van der Waals surface area contributed by atoms with Crippen LogP contribution in [-0.4, -0.2) is 72.5 Å². The van der Waals surface area contributed by atoms with Gasteiger partial charge in [0, 0.05) is 55.5 Å². The molecule has 0 unspecified atom stereocenters. The Morgan fingerprint density at radius 3 is 2.59 bits per heavy atom. The molecule has 0 saturated carbocycles. The number of fused-ring (bicyclic) bond motifs is 1. The van der Waals surface area contributed by atoms with Crippen molar-refractivity contribution in [3.05, 3.63) is 53.9 Å². The predicted molar refractivity (Wildman–Crippen MR) is 129 cm³/mol. The molecular weight excluding hydrogens is 454 g/mol. The quantitative estimate of drug-likeness (QED) is 0.652. The molecular formula is C25H31N3O5S. The molecule has 8 nitrogen and oxygen atoms in total. The summed E-state index contributed by atoms with van der Waals surface area (Å²) < 4.78 is 34.6. The third-order valence-corrected chi connectivity index (χ3v) is 7.90. The zero-order chi connectivity index (χ0) is 24.9. The molecule has 0 aliphatic carbocycles. The van der Waals surface area contributed by atoms with Gasteiger partial charge in [0.1, 0.15) is 16.7 Å². The number of aliphatic hydroxyl groups is 1. The van der Waals surface area contributed by atoms with Gasteiger partial charge in [-0.15, -0.1) is 0 Å². The van der Waals surface area contributed by atoms with Crippen molar-refractivity contribution in [3.8, 4) is 17.6 Å². The van der Waals surface area contributed by atoms with E-state index < -0.39 is 22.2 Å². The zero-order valence-corrected chi connectivity index (χ0v) is 20.7. The second kappa shape index (κ2) is 11.0. The minimum atomic E-state index is -3.93. The molecule has 0 bridgehead atoms. The van der Waals surface area contributed by atoms with Crippen LogP contribution < -0.4 is 4.74 Å². The Bertz CT molecular complexity index is 1170. The summed E-state index contributed by atoms with van der Waals surface area (Å²) >= 11 is 0. The minimum absolute atomic E-state index is 0.0173. The number of likely N-dealkylation sites (N-methyl/N-ethyl adjacent to an activating group) is 1. The van der Waals surface area contributed by atoms with E-state index in [4.69, 9.17) is 4.74 Å². The summed E-state index contributed by atoms with van der Waals surface area (Å²) in [7, 11) is -2.22. The SMILES string of the molecule is CCC(=O)N(C)C[C@H]1Oc2cc(C#Cc3ccncc3)ccc2S(=O)(=O)N([C@H](C)CO)C[C@H]1C. The van der Waals surface area contributed by atoms with Crippen LogP contribution in [-0.2, 0) is 14.8 Å². The van der Waals surface area contributed by atoms with Crippen LogP contribution in [0.5, 0.6) is 5.75 Å². The number of benzene rings is 1. The summed E-state index contributed by atoms with van der Waals surface area (Å²) in [5, 5.41) is 9.74. The molecule has 182 valence electrons. The molecule has 9 heteroatoms. The van der Waals surface area contributed by atoms with Crippen LogP contribution in [0.3, 0.4) is 0 Å². The van der Waals surface area contributed by atoms with Crippen molar-refractivity contribution in [2.75, 3.05) is 26.7 Å². The van der Waals surface area contributed by atoms with Gasteiger partial charge in [-0.2, -0.15) is 4.31 Å². The molecule has 1 aromatic carbocycles. The standard InChI is InChI=1S/C25H31N3O5S/c1-5-25(30)27(4)16-23-18(2)15-28(19(3)17-29)34(31,32)24-9-8-21(14-22(24)33-23)7-6-20-10-12-26-13-11-20/h8-14,18-19,23,29H,5,15-17H2,1-4H3/t18-,19-,23-/m1/s1. The van der Waals surface area contributed by atoms with Crippen LogP contribution in [0.1, 0.15) is 38.3 Å². The van der Waals surface area contributed by atoms with E-state index >= 15 is 0 Å². The number of ether oxygens (including phenoxy) is 1. The fourth-order valence-electron chi connectivity index (χ4n) is 3.74. The van der Waals surface area contributed by atoms with Crippen LogP contribution in [0.2, 0.25) is 0 Å². The Hall–Kier alpha value is -2.93. The summed E-state index contributed by atoms with van der Waals surface area (Å²) in [6.07, 6.45) is 3.21. The fraction of sp³-hybridized carbons (Fsp3) is 0.440.